The maximum Gasteiger partial charge on any atom is 0.241 e. The molecule has 0 aliphatic carbocycles. The fraction of sp³-hybridized carbons (Fsp3) is 0.524. The largest absolute Gasteiger partial charge is 0.322 e. The monoisotopic (exact) mass is 398 g/mol. The minimum absolute atomic E-state index is 0.00136. The second-order valence-electron chi connectivity index (χ2n) is 7.80. The van der Waals surface area contributed by atoms with Crippen molar-refractivity contribution in [2.24, 2.45) is 13.0 Å². The summed E-state index contributed by atoms with van der Waals surface area (Å²) in [6, 6.07) is 5.31. The third-order valence-electron chi connectivity index (χ3n) is 5.72. The van der Waals surface area contributed by atoms with Crippen LogP contribution in [0, 0.1) is 26.7 Å². The molecule has 2 aromatic rings. The number of carbonyl (C=O) groups is 2. The van der Waals surface area contributed by atoms with E-state index in [-0.39, 0.29) is 23.8 Å². The average Bonchev–Trinajstić information content (AvgIpc) is 2.93. The summed E-state index contributed by atoms with van der Waals surface area (Å²) in [4.78, 5) is 31.7. The number of piperidine rings is 1. The Morgan fingerprint density at radius 3 is 2.41 bits per heavy atom. The van der Waals surface area contributed by atoms with Crippen molar-refractivity contribution in [3.05, 3.63) is 35.3 Å². The van der Waals surface area contributed by atoms with Gasteiger partial charge in [-0.05, 0) is 65.8 Å². The molecule has 2 N–H and O–H groups in total. The summed E-state index contributed by atoms with van der Waals surface area (Å²) >= 11 is 0. The number of aryl methyl sites for hydroxylation is 3. The molecule has 1 saturated heterocycles. The van der Waals surface area contributed by atoms with E-state index in [4.69, 9.17) is 0 Å². The molecule has 8 nitrogen and oxygen atoms in total. The van der Waals surface area contributed by atoms with Gasteiger partial charge in [0.25, 0.3) is 0 Å². The summed E-state index contributed by atoms with van der Waals surface area (Å²) in [6.45, 7) is 9.05. The molecule has 3 rings (SSSR count). The minimum atomic E-state index is -0.267. The van der Waals surface area contributed by atoms with Crippen molar-refractivity contribution >= 4 is 23.3 Å². The summed E-state index contributed by atoms with van der Waals surface area (Å²) in [6.07, 6.45) is 1.44. The lowest BCUT2D eigenvalue weighted by Gasteiger charge is -2.34. The number of amides is 2. The SMILES string of the molecule is Cc1cccc(NC(=O)C2CCN(C(C)C(=O)Nc3c(C)nn(C)c3C)CC2)n1. The fourth-order valence-corrected chi connectivity index (χ4v) is 3.74. The van der Waals surface area contributed by atoms with Crippen LogP contribution in [0.3, 0.4) is 0 Å². The van der Waals surface area contributed by atoms with Crippen LogP contribution in [0.15, 0.2) is 18.2 Å². The quantitative estimate of drug-likeness (QED) is 0.807. The highest BCUT2D eigenvalue weighted by Crippen LogP contribution is 2.23. The number of nitrogens with one attached hydrogen (secondary N) is 2. The van der Waals surface area contributed by atoms with Crippen LogP contribution in [0.1, 0.15) is 36.8 Å². The van der Waals surface area contributed by atoms with Crippen molar-refractivity contribution in [3.63, 3.8) is 0 Å². The highest BCUT2D eigenvalue weighted by atomic mass is 16.2. The first kappa shape index (κ1) is 21.0. The Morgan fingerprint density at radius 2 is 1.83 bits per heavy atom. The molecule has 0 spiro atoms. The normalized spacial score (nSPS) is 16.4. The first-order valence-corrected chi connectivity index (χ1v) is 10.1. The molecular weight excluding hydrogens is 368 g/mol. The molecule has 0 bridgehead atoms. The molecule has 0 radical (unpaired) electrons. The van der Waals surface area contributed by atoms with Crippen molar-refractivity contribution in [2.45, 2.75) is 46.6 Å². The van der Waals surface area contributed by atoms with Gasteiger partial charge in [0.15, 0.2) is 0 Å². The Morgan fingerprint density at radius 1 is 1.14 bits per heavy atom. The number of pyridine rings is 1. The van der Waals surface area contributed by atoms with Crippen LogP contribution >= 0.6 is 0 Å². The molecule has 1 fully saturated rings. The summed E-state index contributed by atoms with van der Waals surface area (Å²) < 4.78 is 1.77. The molecule has 1 atom stereocenters. The Kier molecular flexibility index (Phi) is 6.32. The number of rotatable bonds is 5. The van der Waals surface area contributed by atoms with E-state index in [1.165, 1.54) is 0 Å². The molecule has 0 aromatic carbocycles. The van der Waals surface area contributed by atoms with Crippen LogP contribution in [-0.4, -0.2) is 50.6 Å². The average molecular weight is 399 g/mol. The molecule has 156 valence electrons. The first-order chi connectivity index (χ1) is 13.8. The molecular formula is C21H30N6O2. The summed E-state index contributed by atoms with van der Waals surface area (Å²) in [5.74, 6) is 0.483. The molecule has 3 heterocycles. The third-order valence-corrected chi connectivity index (χ3v) is 5.72. The lowest BCUT2D eigenvalue weighted by atomic mass is 9.95. The van der Waals surface area contributed by atoms with Crippen LogP contribution in [0.5, 0.6) is 0 Å². The number of anilines is 2. The van der Waals surface area contributed by atoms with Crippen molar-refractivity contribution < 1.29 is 9.59 Å². The van der Waals surface area contributed by atoms with Gasteiger partial charge >= 0.3 is 0 Å². The van der Waals surface area contributed by atoms with E-state index in [0.717, 1.165) is 35.6 Å². The van der Waals surface area contributed by atoms with E-state index in [0.29, 0.717) is 18.9 Å². The number of carbonyl (C=O) groups excluding carboxylic acids is 2. The molecule has 1 aliphatic rings. The zero-order chi connectivity index (χ0) is 21.1. The van der Waals surface area contributed by atoms with E-state index in [9.17, 15) is 9.59 Å². The predicted molar refractivity (Wildman–Crippen MR) is 113 cm³/mol. The van der Waals surface area contributed by atoms with Gasteiger partial charge in [0, 0.05) is 18.7 Å². The van der Waals surface area contributed by atoms with Crippen molar-refractivity contribution in [3.8, 4) is 0 Å². The van der Waals surface area contributed by atoms with Gasteiger partial charge in [-0.2, -0.15) is 5.10 Å². The standard InChI is InChI=1S/C21H30N6O2/c1-13-7-6-8-18(22-13)23-21(29)17-9-11-27(12-10-17)16(4)20(28)24-19-14(2)25-26(5)15(19)3/h6-8,16-17H,9-12H2,1-5H3,(H,24,28)(H,22,23,29). The first-order valence-electron chi connectivity index (χ1n) is 10.1. The number of likely N-dealkylation sites (tertiary alicyclic amines) is 1. The van der Waals surface area contributed by atoms with Gasteiger partial charge in [-0.1, -0.05) is 6.07 Å². The van der Waals surface area contributed by atoms with E-state index in [1.807, 2.05) is 46.9 Å². The maximum absolute atomic E-state index is 12.7. The highest BCUT2D eigenvalue weighted by Gasteiger charge is 2.30. The minimum Gasteiger partial charge on any atom is -0.322 e. The van der Waals surface area contributed by atoms with Gasteiger partial charge in [0.2, 0.25) is 11.8 Å². The Labute approximate surface area is 171 Å². The molecule has 2 amide bonds. The Bertz CT molecular complexity index is 899. The van der Waals surface area contributed by atoms with E-state index >= 15 is 0 Å². The summed E-state index contributed by atoms with van der Waals surface area (Å²) in [5.41, 5.74) is 3.40. The molecule has 8 heteroatoms. The van der Waals surface area contributed by atoms with E-state index < -0.39 is 0 Å². The zero-order valence-corrected chi connectivity index (χ0v) is 17.8. The van der Waals surface area contributed by atoms with Crippen molar-refractivity contribution in [1.29, 1.82) is 0 Å². The summed E-state index contributed by atoms with van der Waals surface area (Å²) in [5, 5.41) is 10.3. The molecule has 1 aliphatic heterocycles. The zero-order valence-electron chi connectivity index (χ0n) is 17.8. The number of nitrogens with zero attached hydrogens (tertiary/aromatic N) is 4. The smallest absolute Gasteiger partial charge is 0.241 e. The molecule has 29 heavy (non-hydrogen) atoms. The molecule has 0 saturated carbocycles. The molecule has 2 aromatic heterocycles. The topological polar surface area (TPSA) is 92.2 Å². The fourth-order valence-electron chi connectivity index (χ4n) is 3.74. The Hall–Kier alpha value is -2.74. The van der Waals surface area contributed by atoms with Gasteiger partial charge in [0.1, 0.15) is 5.82 Å². The maximum atomic E-state index is 12.7. The lowest BCUT2D eigenvalue weighted by Crippen LogP contribution is -2.47. The van der Waals surface area contributed by atoms with Crippen molar-refractivity contribution in [1.82, 2.24) is 19.7 Å². The number of aromatic nitrogens is 3. The van der Waals surface area contributed by atoms with Crippen LogP contribution in [0.4, 0.5) is 11.5 Å². The second-order valence-corrected chi connectivity index (χ2v) is 7.80. The highest BCUT2D eigenvalue weighted by molar-refractivity contribution is 5.95. The van der Waals surface area contributed by atoms with E-state index in [1.54, 1.807) is 10.7 Å². The van der Waals surface area contributed by atoms with Crippen LogP contribution < -0.4 is 10.6 Å². The van der Waals surface area contributed by atoms with Crippen LogP contribution in [0.25, 0.3) is 0 Å². The van der Waals surface area contributed by atoms with E-state index in [2.05, 4.69) is 25.6 Å². The van der Waals surface area contributed by atoms with Gasteiger partial charge in [-0.25, -0.2) is 4.98 Å². The van der Waals surface area contributed by atoms with Crippen LogP contribution in [-0.2, 0) is 16.6 Å². The van der Waals surface area contributed by atoms with Gasteiger partial charge < -0.3 is 10.6 Å². The second kappa shape index (κ2) is 8.73. The third kappa shape index (κ3) is 4.82. The Balaban J connectivity index is 1.53. The van der Waals surface area contributed by atoms with Crippen molar-refractivity contribution in [2.75, 3.05) is 23.7 Å². The number of hydrogen-bond donors (Lipinski definition) is 2. The van der Waals surface area contributed by atoms with Gasteiger partial charge in [-0.3, -0.25) is 19.2 Å². The van der Waals surface area contributed by atoms with Gasteiger partial charge in [0.05, 0.1) is 23.1 Å². The van der Waals surface area contributed by atoms with Gasteiger partial charge in [-0.15, -0.1) is 0 Å². The predicted octanol–water partition coefficient (Wildman–Crippen LogP) is 2.42. The summed E-state index contributed by atoms with van der Waals surface area (Å²) in [7, 11) is 1.86. The van der Waals surface area contributed by atoms with Crippen LogP contribution in [0.2, 0.25) is 0 Å². The lowest BCUT2D eigenvalue weighted by molar-refractivity contribution is -0.123. The molecule has 1 unspecified atom stereocenters. The number of hydrogen-bond acceptors (Lipinski definition) is 5.